The van der Waals surface area contributed by atoms with Gasteiger partial charge in [-0.25, -0.2) is 0 Å². The SMILES string of the molecule is CCCCCCCCNC(=O)[C@H](O)[C@H](C)NC(=O)c1ccccc1. The molecule has 24 heavy (non-hydrogen) atoms. The summed E-state index contributed by atoms with van der Waals surface area (Å²) in [4.78, 5) is 23.9. The van der Waals surface area contributed by atoms with Gasteiger partial charge in [-0.3, -0.25) is 9.59 Å². The molecule has 0 saturated heterocycles. The normalized spacial score (nSPS) is 13.1. The second kappa shape index (κ2) is 11.6. The van der Waals surface area contributed by atoms with Crippen molar-refractivity contribution in [3.05, 3.63) is 35.9 Å². The van der Waals surface area contributed by atoms with E-state index in [1.807, 2.05) is 6.07 Å². The lowest BCUT2D eigenvalue weighted by molar-refractivity contribution is -0.130. The van der Waals surface area contributed by atoms with Gasteiger partial charge in [0.05, 0.1) is 6.04 Å². The van der Waals surface area contributed by atoms with Crippen LogP contribution >= 0.6 is 0 Å². The Hall–Kier alpha value is -1.88. The number of nitrogens with one attached hydrogen (secondary N) is 2. The number of unbranched alkanes of at least 4 members (excludes halogenated alkanes) is 5. The van der Waals surface area contributed by atoms with Crippen molar-refractivity contribution >= 4 is 11.8 Å². The summed E-state index contributed by atoms with van der Waals surface area (Å²) >= 11 is 0. The average molecular weight is 334 g/mol. The van der Waals surface area contributed by atoms with Crippen LogP contribution in [-0.4, -0.2) is 35.6 Å². The van der Waals surface area contributed by atoms with E-state index in [0.717, 1.165) is 12.8 Å². The maximum absolute atomic E-state index is 12.0. The zero-order valence-corrected chi connectivity index (χ0v) is 14.8. The van der Waals surface area contributed by atoms with Crippen LogP contribution in [0.5, 0.6) is 0 Å². The lowest BCUT2D eigenvalue weighted by Gasteiger charge is -2.19. The quantitative estimate of drug-likeness (QED) is 0.544. The molecule has 134 valence electrons. The van der Waals surface area contributed by atoms with Gasteiger partial charge in [-0.15, -0.1) is 0 Å². The maximum atomic E-state index is 12.0. The molecule has 0 radical (unpaired) electrons. The summed E-state index contributed by atoms with van der Waals surface area (Å²) in [6.45, 7) is 4.36. The topological polar surface area (TPSA) is 78.4 Å². The molecule has 0 spiro atoms. The van der Waals surface area contributed by atoms with E-state index in [-0.39, 0.29) is 5.91 Å². The molecular formula is C19H30N2O3. The van der Waals surface area contributed by atoms with Crippen LogP contribution in [0, 0.1) is 0 Å². The average Bonchev–Trinajstić information content (AvgIpc) is 2.60. The minimum absolute atomic E-state index is 0.300. The highest BCUT2D eigenvalue weighted by molar-refractivity contribution is 5.94. The first-order valence-corrected chi connectivity index (χ1v) is 8.88. The van der Waals surface area contributed by atoms with Gasteiger partial charge < -0.3 is 15.7 Å². The van der Waals surface area contributed by atoms with Crippen molar-refractivity contribution in [3.8, 4) is 0 Å². The van der Waals surface area contributed by atoms with E-state index in [1.54, 1.807) is 31.2 Å². The Morgan fingerprint density at radius 3 is 2.33 bits per heavy atom. The van der Waals surface area contributed by atoms with Gasteiger partial charge in [0.2, 0.25) is 0 Å². The molecule has 5 nitrogen and oxygen atoms in total. The number of aliphatic hydroxyl groups excluding tert-OH is 1. The van der Waals surface area contributed by atoms with Crippen LogP contribution in [0.4, 0.5) is 0 Å². The van der Waals surface area contributed by atoms with Gasteiger partial charge in [0.1, 0.15) is 0 Å². The fraction of sp³-hybridized carbons (Fsp3) is 0.579. The summed E-state index contributed by atoms with van der Waals surface area (Å²) in [5, 5.41) is 15.4. The first-order valence-electron chi connectivity index (χ1n) is 8.88. The Kier molecular flexibility index (Phi) is 9.77. The summed E-state index contributed by atoms with van der Waals surface area (Å²) in [6, 6.07) is 8.08. The molecule has 1 rings (SSSR count). The van der Waals surface area contributed by atoms with Crippen molar-refractivity contribution in [2.45, 2.75) is 64.5 Å². The van der Waals surface area contributed by atoms with Crippen LogP contribution in [0.2, 0.25) is 0 Å². The van der Waals surface area contributed by atoms with Gasteiger partial charge in [0.25, 0.3) is 11.8 Å². The number of carbonyl (C=O) groups is 2. The van der Waals surface area contributed by atoms with Crippen molar-refractivity contribution in [2.75, 3.05) is 6.54 Å². The highest BCUT2D eigenvalue weighted by Crippen LogP contribution is 2.04. The molecule has 2 atom stereocenters. The molecule has 3 N–H and O–H groups in total. The Bertz CT molecular complexity index is 491. The van der Waals surface area contributed by atoms with Gasteiger partial charge in [-0.2, -0.15) is 0 Å². The standard InChI is InChI=1S/C19H30N2O3/c1-3-4-5-6-7-11-14-20-19(24)17(22)15(2)21-18(23)16-12-9-8-10-13-16/h8-10,12-13,15,17,22H,3-7,11,14H2,1-2H3,(H,20,24)(H,21,23)/t15-,17+/m0/s1. The Morgan fingerprint density at radius 1 is 1.04 bits per heavy atom. The smallest absolute Gasteiger partial charge is 0.251 e. The van der Waals surface area contributed by atoms with E-state index in [9.17, 15) is 14.7 Å². The van der Waals surface area contributed by atoms with Crippen LogP contribution in [-0.2, 0) is 4.79 Å². The number of amides is 2. The molecule has 5 heteroatoms. The van der Waals surface area contributed by atoms with Gasteiger partial charge >= 0.3 is 0 Å². The summed E-state index contributed by atoms with van der Waals surface area (Å²) in [5.74, 6) is -0.740. The molecule has 0 aliphatic rings. The predicted octanol–water partition coefficient (Wildman–Crippen LogP) is 2.64. The van der Waals surface area contributed by atoms with E-state index >= 15 is 0 Å². The molecular weight excluding hydrogens is 304 g/mol. The van der Waals surface area contributed by atoms with E-state index in [1.165, 1.54) is 25.7 Å². The number of carbonyl (C=O) groups excluding carboxylic acids is 2. The summed E-state index contributed by atoms with van der Waals surface area (Å²) in [6.07, 6.45) is 5.62. The van der Waals surface area contributed by atoms with Crippen molar-refractivity contribution < 1.29 is 14.7 Å². The number of aliphatic hydroxyl groups is 1. The number of rotatable bonds is 11. The Morgan fingerprint density at radius 2 is 1.67 bits per heavy atom. The third-order valence-corrected chi connectivity index (χ3v) is 3.97. The predicted molar refractivity (Wildman–Crippen MR) is 95.8 cm³/mol. The van der Waals surface area contributed by atoms with Crippen LogP contribution in [0.15, 0.2) is 30.3 Å². The maximum Gasteiger partial charge on any atom is 0.251 e. The molecule has 1 aromatic rings. The van der Waals surface area contributed by atoms with Crippen molar-refractivity contribution in [2.24, 2.45) is 0 Å². The summed E-state index contributed by atoms with van der Waals surface area (Å²) in [5.41, 5.74) is 0.504. The second-order valence-electron chi connectivity index (χ2n) is 6.13. The third kappa shape index (κ3) is 7.59. The van der Waals surface area contributed by atoms with E-state index in [4.69, 9.17) is 0 Å². The molecule has 0 unspecified atom stereocenters. The van der Waals surface area contributed by atoms with Crippen molar-refractivity contribution in [3.63, 3.8) is 0 Å². The fourth-order valence-electron chi connectivity index (χ4n) is 2.41. The molecule has 1 aromatic carbocycles. The van der Waals surface area contributed by atoms with Crippen LogP contribution in [0.25, 0.3) is 0 Å². The molecule has 0 bridgehead atoms. The largest absolute Gasteiger partial charge is 0.381 e. The molecule has 0 aliphatic heterocycles. The molecule has 0 aliphatic carbocycles. The number of hydrogen-bond donors (Lipinski definition) is 3. The van der Waals surface area contributed by atoms with Gasteiger partial charge in [0.15, 0.2) is 6.10 Å². The minimum Gasteiger partial charge on any atom is -0.381 e. The van der Waals surface area contributed by atoms with Gasteiger partial charge in [0, 0.05) is 12.1 Å². The minimum atomic E-state index is -1.25. The lowest BCUT2D eigenvalue weighted by atomic mass is 10.1. The molecule has 2 amide bonds. The van der Waals surface area contributed by atoms with Crippen molar-refractivity contribution in [1.82, 2.24) is 10.6 Å². The zero-order chi connectivity index (χ0) is 17.8. The van der Waals surface area contributed by atoms with E-state index < -0.39 is 18.1 Å². The highest BCUT2D eigenvalue weighted by atomic mass is 16.3. The second-order valence-corrected chi connectivity index (χ2v) is 6.13. The van der Waals surface area contributed by atoms with E-state index in [2.05, 4.69) is 17.6 Å². The number of hydrogen-bond acceptors (Lipinski definition) is 3. The third-order valence-electron chi connectivity index (χ3n) is 3.97. The fourth-order valence-corrected chi connectivity index (χ4v) is 2.41. The lowest BCUT2D eigenvalue weighted by Crippen LogP contribution is -2.49. The van der Waals surface area contributed by atoms with Crippen LogP contribution < -0.4 is 10.6 Å². The number of benzene rings is 1. The first kappa shape index (κ1) is 20.2. The molecule has 0 saturated carbocycles. The van der Waals surface area contributed by atoms with E-state index in [0.29, 0.717) is 12.1 Å². The molecule has 0 heterocycles. The van der Waals surface area contributed by atoms with Gasteiger partial charge in [-0.05, 0) is 25.5 Å². The highest BCUT2D eigenvalue weighted by Gasteiger charge is 2.23. The van der Waals surface area contributed by atoms with Crippen LogP contribution in [0.3, 0.4) is 0 Å². The molecule has 0 fully saturated rings. The van der Waals surface area contributed by atoms with Gasteiger partial charge in [-0.1, -0.05) is 57.2 Å². The Balaban J connectivity index is 2.25. The van der Waals surface area contributed by atoms with Crippen LogP contribution in [0.1, 0.15) is 62.7 Å². The first-order chi connectivity index (χ1) is 11.6. The summed E-state index contributed by atoms with van der Waals surface area (Å²) < 4.78 is 0. The van der Waals surface area contributed by atoms with Crippen molar-refractivity contribution in [1.29, 1.82) is 0 Å². The molecule has 0 aromatic heterocycles. The summed E-state index contributed by atoms with van der Waals surface area (Å²) in [7, 11) is 0. The monoisotopic (exact) mass is 334 g/mol. The Labute approximate surface area is 144 Å². The zero-order valence-electron chi connectivity index (χ0n) is 14.8.